The molecule has 0 radical (unpaired) electrons. The number of carboxylic acids is 1. The van der Waals surface area contributed by atoms with Crippen molar-refractivity contribution in [1.82, 2.24) is 9.47 Å². The van der Waals surface area contributed by atoms with E-state index in [9.17, 15) is 9.59 Å². The van der Waals surface area contributed by atoms with Crippen LogP contribution in [0.1, 0.15) is 16.8 Å². The molecule has 2 heterocycles. The lowest BCUT2D eigenvalue weighted by Gasteiger charge is -2.14. The molecule has 0 aliphatic carbocycles. The van der Waals surface area contributed by atoms with Gasteiger partial charge >= 0.3 is 5.97 Å². The topological polar surface area (TPSA) is 62.5 Å². The molecular weight excluding hydrogens is 288 g/mol. The third-order valence-corrected chi connectivity index (χ3v) is 4.06. The first-order valence-corrected chi connectivity index (χ1v) is 7.54. The van der Waals surface area contributed by atoms with Gasteiger partial charge in [0.1, 0.15) is 5.56 Å². The van der Waals surface area contributed by atoms with Crippen LogP contribution in [0.5, 0.6) is 0 Å². The Bertz CT molecular complexity index is 675. The van der Waals surface area contributed by atoms with E-state index in [1.165, 1.54) is 17.4 Å². The molecule has 0 saturated carbocycles. The minimum Gasteiger partial charge on any atom is -0.477 e. The molecule has 5 nitrogen and oxygen atoms in total. The Balaban J connectivity index is 2.43. The van der Waals surface area contributed by atoms with Crippen molar-refractivity contribution in [2.75, 3.05) is 20.6 Å². The molecule has 0 bridgehead atoms. The van der Waals surface area contributed by atoms with Gasteiger partial charge in [-0.1, -0.05) is 6.07 Å². The molecule has 112 valence electrons. The SMILES string of the molecule is CN(C)CCCn1c(-c2cccs2)ccc(C(=O)O)c1=O. The molecule has 2 aromatic heterocycles. The molecule has 0 amide bonds. The number of aromatic carboxylic acids is 1. The molecule has 0 aliphatic heterocycles. The van der Waals surface area contributed by atoms with Crippen LogP contribution >= 0.6 is 11.3 Å². The van der Waals surface area contributed by atoms with E-state index in [1.807, 2.05) is 36.5 Å². The van der Waals surface area contributed by atoms with E-state index in [0.29, 0.717) is 6.54 Å². The van der Waals surface area contributed by atoms with Crippen molar-refractivity contribution in [1.29, 1.82) is 0 Å². The molecular formula is C15H18N2O3S. The highest BCUT2D eigenvalue weighted by Gasteiger charge is 2.15. The van der Waals surface area contributed by atoms with Crippen LogP contribution in [-0.2, 0) is 6.54 Å². The second kappa shape index (κ2) is 6.69. The Morgan fingerprint density at radius 3 is 2.67 bits per heavy atom. The average molecular weight is 306 g/mol. The van der Waals surface area contributed by atoms with Crippen molar-refractivity contribution in [3.8, 4) is 10.6 Å². The van der Waals surface area contributed by atoms with Crippen LogP contribution in [0.25, 0.3) is 10.6 Å². The zero-order valence-electron chi connectivity index (χ0n) is 12.1. The maximum absolute atomic E-state index is 12.4. The lowest BCUT2D eigenvalue weighted by Crippen LogP contribution is -2.28. The predicted molar refractivity (Wildman–Crippen MR) is 84.1 cm³/mol. The molecule has 0 fully saturated rings. The van der Waals surface area contributed by atoms with Gasteiger partial charge in [0.25, 0.3) is 5.56 Å². The Kier molecular flexibility index (Phi) is 4.93. The van der Waals surface area contributed by atoms with Crippen LogP contribution in [-0.4, -0.2) is 41.2 Å². The summed E-state index contributed by atoms with van der Waals surface area (Å²) in [4.78, 5) is 26.5. The zero-order valence-corrected chi connectivity index (χ0v) is 12.9. The van der Waals surface area contributed by atoms with E-state index >= 15 is 0 Å². The van der Waals surface area contributed by atoms with E-state index in [2.05, 4.69) is 0 Å². The van der Waals surface area contributed by atoms with E-state index in [0.717, 1.165) is 23.5 Å². The summed E-state index contributed by atoms with van der Waals surface area (Å²) < 4.78 is 1.57. The largest absolute Gasteiger partial charge is 0.477 e. The number of hydrogen-bond donors (Lipinski definition) is 1. The molecule has 2 aromatic rings. The highest BCUT2D eigenvalue weighted by molar-refractivity contribution is 7.13. The third kappa shape index (κ3) is 3.59. The number of hydrogen-bond acceptors (Lipinski definition) is 4. The Morgan fingerprint density at radius 2 is 2.10 bits per heavy atom. The second-order valence-corrected chi connectivity index (χ2v) is 5.98. The molecule has 0 saturated heterocycles. The van der Waals surface area contributed by atoms with Crippen LogP contribution < -0.4 is 5.56 Å². The van der Waals surface area contributed by atoms with Gasteiger partial charge in [-0.05, 0) is 50.6 Å². The summed E-state index contributed by atoms with van der Waals surface area (Å²) in [5.41, 5.74) is 0.158. The Labute approximate surface area is 127 Å². The second-order valence-electron chi connectivity index (χ2n) is 5.03. The van der Waals surface area contributed by atoms with Gasteiger partial charge in [0.05, 0.1) is 10.6 Å². The van der Waals surface area contributed by atoms with E-state index < -0.39 is 11.5 Å². The van der Waals surface area contributed by atoms with Gasteiger partial charge in [-0.15, -0.1) is 11.3 Å². The zero-order chi connectivity index (χ0) is 15.4. The van der Waals surface area contributed by atoms with E-state index in [4.69, 9.17) is 5.11 Å². The van der Waals surface area contributed by atoms with Crippen LogP contribution in [0.15, 0.2) is 34.4 Å². The first kappa shape index (κ1) is 15.5. The summed E-state index contributed by atoms with van der Waals surface area (Å²) in [6.07, 6.45) is 0.786. The van der Waals surface area contributed by atoms with Gasteiger partial charge in [-0.2, -0.15) is 0 Å². The van der Waals surface area contributed by atoms with Crippen LogP contribution in [0.3, 0.4) is 0 Å². The number of aromatic nitrogens is 1. The van der Waals surface area contributed by atoms with Crippen molar-refractivity contribution >= 4 is 17.3 Å². The molecule has 6 heteroatoms. The van der Waals surface area contributed by atoms with Gasteiger partial charge in [-0.25, -0.2) is 4.79 Å². The lowest BCUT2D eigenvalue weighted by molar-refractivity contribution is 0.0694. The third-order valence-electron chi connectivity index (χ3n) is 3.17. The van der Waals surface area contributed by atoms with Crippen LogP contribution in [0, 0.1) is 0 Å². The Hall–Kier alpha value is -1.92. The lowest BCUT2D eigenvalue weighted by atomic mass is 10.2. The first-order chi connectivity index (χ1) is 10.0. The first-order valence-electron chi connectivity index (χ1n) is 6.66. The highest BCUT2D eigenvalue weighted by Crippen LogP contribution is 2.24. The molecule has 1 N–H and O–H groups in total. The maximum atomic E-state index is 12.4. The fraction of sp³-hybridized carbons (Fsp3) is 0.333. The molecule has 0 unspecified atom stereocenters. The number of rotatable bonds is 6. The van der Waals surface area contributed by atoms with E-state index in [-0.39, 0.29) is 5.56 Å². The number of carbonyl (C=O) groups is 1. The van der Waals surface area contributed by atoms with Gasteiger partial charge in [0, 0.05) is 6.54 Å². The smallest absolute Gasteiger partial charge is 0.341 e. The fourth-order valence-electron chi connectivity index (χ4n) is 2.15. The van der Waals surface area contributed by atoms with Crippen LogP contribution in [0.2, 0.25) is 0 Å². The summed E-state index contributed by atoms with van der Waals surface area (Å²) in [6, 6.07) is 6.95. The monoisotopic (exact) mass is 306 g/mol. The van der Waals surface area contributed by atoms with Crippen LogP contribution in [0.4, 0.5) is 0 Å². The summed E-state index contributed by atoms with van der Waals surface area (Å²) in [7, 11) is 3.94. The van der Waals surface area contributed by atoms with Crippen molar-refractivity contribution in [2.24, 2.45) is 0 Å². The standard InChI is InChI=1S/C15H18N2O3S/c1-16(2)8-4-9-17-12(13-5-3-10-21-13)7-6-11(14(17)18)15(19)20/h3,5-7,10H,4,8-9H2,1-2H3,(H,19,20). The molecule has 0 aliphatic rings. The summed E-state index contributed by atoms with van der Waals surface area (Å²) in [6.45, 7) is 1.35. The molecule has 0 aromatic carbocycles. The normalized spacial score (nSPS) is 11.0. The van der Waals surface area contributed by atoms with Gasteiger partial charge in [-0.3, -0.25) is 4.79 Å². The number of thiophene rings is 1. The average Bonchev–Trinajstić information content (AvgIpc) is 2.93. The predicted octanol–water partition coefficient (Wildman–Crippen LogP) is 2.23. The number of nitrogens with zero attached hydrogens (tertiary/aromatic N) is 2. The minimum atomic E-state index is -1.18. The van der Waals surface area contributed by atoms with Crippen molar-refractivity contribution in [3.05, 3.63) is 45.6 Å². The van der Waals surface area contributed by atoms with Gasteiger partial charge in [0.15, 0.2) is 0 Å². The maximum Gasteiger partial charge on any atom is 0.341 e. The van der Waals surface area contributed by atoms with E-state index in [1.54, 1.807) is 10.6 Å². The van der Waals surface area contributed by atoms with Crippen molar-refractivity contribution in [2.45, 2.75) is 13.0 Å². The summed E-state index contributed by atoms with van der Waals surface area (Å²) in [5.74, 6) is -1.18. The molecule has 2 rings (SSSR count). The van der Waals surface area contributed by atoms with Crippen molar-refractivity contribution in [3.63, 3.8) is 0 Å². The van der Waals surface area contributed by atoms with Crippen molar-refractivity contribution < 1.29 is 9.90 Å². The number of pyridine rings is 1. The molecule has 21 heavy (non-hydrogen) atoms. The quantitative estimate of drug-likeness (QED) is 0.889. The summed E-state index contributed by atoms with van der Waals surface area (Å²) in [5, 5.41) is 11.0. The minimum absolute atomic E-state index is 0.180. The van der Waals surface area contributed by atoms with Gasteiger partial charge in [0.2, 0.25) is 0 Å². The molecule has 0 spiro atoms. The summed E-state index contributed by atoms with van der Waals surface area (Å²) >= 11 is 1.54. The fourth-order valence-corrected chi connectivity index (χ4v) is 2.91. The number of carboxylic acid groups (broad SMARTS) is 1. The van der Waals surface area contributed by atoms with Gasteiger partial charge < -0.3 is 14.6 Å². The highest BCUT2D eigenvalue weighted by atomic mass is 32.1. The molecule has 0 atom stereocenters. The Morgan fingerprint density at radius 1 is 1.33 bits per heavy atom.